The van der Waals surface area contributed by atoms with Gasteiger partial charge in [-0.15, -0.1) is 0 Å². The highest BCUT2D eigenvalue weighted by Crippen LogP contribution is 2.47. The zero-order chi connectivity index (χ0) is 19.9. The summed E-state index contributed by atoms with van der Waals surface area (Å²) in [6.07, 6.45) is 3.53. The van der Waals surface area contributed by atoms with Crippen LogP contribution in [0.1, 0.15) is 36.8 Å². The fourth-order valence-corrected chi connectivity index (χ4v) is 5.00. The molecule has 0 spiro atoms. The van der Waals surface area contributed by atoms with Gasteiger partial charge in [0.25, 0.3) is 0 Å². The van der Waals surface area contributed by atoms with E-state index in [2.05, 4.69) is 4.90 Å². The molecular weight excluding hydrogens is 378 g/mol. The van der Waals surface area contributed by atoms with Gasteiger partial charge in [0.1, 0.15) is 5.75 Å². The number of aromatic hydroxyl groups is 1. The second-order valence-corrected chi connectivity index (χ2v) is 8.25. The third-order valence-corrected chi connectivity index (χ3v) is 6.60. The minimum Gasteiger partial charge on any atom is -0.504 e. The first-order valence-electron chi connectivity index (χ1n) is 9.61. The lowest BCUT2D eigenvalue weighted by molar-refractivity contribution is -0.0595. The smallest absolute Gasteiger partial charge is 0.160 e. The third kappa shape index (κ3) is 3.43. The molecule has 2 bridgehead atoms. The van der Waals surface area contributed by atoms with Crippen molar-refractivity contribution in [2.24, 2.45) is 0 Å². The normalized spacial score (nSPS) is 27.0. The van der Waals surface area contributed by atoms with Gasteiger partial charge < -0.3 is 19.7 Å². The van der Waals surface area contributed by atoms with Crippen LogP contribution in [-0.2, 0) is 12.1 Å². The fourth-order valence-electron chi connectivity index (χ4n) is 4.78. The molecule has 4 rings (SSSR count). The summed E-state index contributed by atoms with van der Waals surface area (Å²) in [5, 5.41) is 21.8. The molecule has 0 aromatic heterocycles. The van der Waals surface area contributed by atoms with E-state index in [1.165, 1.54) is 13.2 Å². The van der Waals surface area contributed by atoms with Crippen molar-refractivity contribution >= 4 is 11.6 Å². The Kier molecular flexibility index (Phi) is 5.17. The molecule has 28 heavy (non-hydrogen) atoms. The van der Waals surface area contributed by atoms with Crippen molar-refractivity contribution in [1.82, 2.24) is 4.90 Å². The molecule has 2 saturated heterocycles. The zero-order valence-corrected chi connectivity index (χ0v) is 16.9. The highest BCUT2D eigenvalue weighted by Gasteiger charge is 2.48. The number of rotatable bonds is 5. The van der Waals surface area contributed by atoms with Gasteiger partial charge >= 0.3 is 0 Å². The lowest BCUT2D eigenvalue weighted by Gasteiger charge is -2.44. The molecule has 150 valence electrons. The van der Waals surface area contributed by atoms with Crippen molar-refractivity contribution in [2.75, 3.05) is 14.2 Å². The van der Waals surface area contributed by atoms with Gasteiger partial charge in [-0.1, -0.05) is 23.7 Å². The second kappa shape index (κ2) is 7.47. The second-order valence-electron chi connectivity index (χ2n) is 7.84. The number of hydrogen-bond donors (Lipinski definition) is 2. The monoisotopic (exact) mass is 403 g/mol. The Morgan fingerprint density at radius 3 is 2.29 bits per heavy atom. The summed E-state index contributed by atoms with van der Waals surface area (Å²) in [4.78, 5) is 2.44. The number of halogens is 1. The summed E-state index contributed by atoms with van der Waals surface area (Å²) < 4.78 is 10.5. The maximum atomic E-state index is 11.4. The van der Waals surface area contributed by atoms with Crippen molar-refractivity contribution in [3.05, 3.63) is 52.5 Å². The van der Waals surface area contributed by atoms with Gasteiger partial charge in [-0.2, -0.15) is 0 Å². The molecule has 0 aliphatic carbocycles. The van der Waals surface area contributed by atoms with Crippen LogP contribution in [0.4, 0.5) is 0 Å². The topological polar surface area (TPSA) is 62.2 Å². The van der Waals surface area contributed by atoms with Crippen LogP contribution >= 0.6 is 11.6 Å². The lowest BCUT2D eigenvalue weighted by atomic mass is 9.80. The highest BCUT2D eigenvalue weighted by molar-refractivity contribution is 6.31. The Morgan fingerprint density at radius 2 is 1.71 bits per heavy atom. The first-order chi connectivity index (χ1) is 13.4. The molecule has 1 unspecified atom stereocenters. The van der Waals surface area contributed by atoms with Gasteiger partial charge in [0.05, 0.1) is 19.8 Å². The molecule has 0 amide bonds. The molecular formula is C22H26ClNO4. The van der Waals surface area contributed by atoms with Crippen LogP contribution < -0.4 is 9.47 Å². The summed E-state index contributed by atoms with van der Waals surface area (Å²) in [5.74, 6) is 1.27. The zero-order valence-electron chi connectivity index (χ0n) is 16.2. The molecule has 3 atom stereocenters. The van der Waals surface area contributed by atoms with Gasteiger partial charge in [0.2, 0.25) is 0 Å². The van der Waals surface area contributed by atoms with Gasteiger partial charge in [-0.3, -0.25) is 4.90 Å². The number of phenolic OH excluding ortho intramolecular Hbond substituents is 1. The molecule has 0 radical (unpaired) electrons. The van der Waals surface area contributed by atoms with E-state index < -0.39 is 5.60 Å². The van der Waals surface area contributed by atoms with Crippen molar-refractivity contribution in [1.29, 1.82) is 0 Å². The van der Waals surface area contributed by atoms with Crippen molar-refractivity contribution in [2.45, 2.75) is 49.9 Å². The summed E-state index contributed by atoms with van der Waals surface area (Å²) in [7, 11) is 3.18. The van der Waals surface area contributed by atoms with Crippen LogP contribution in [0, 0.1) is 0 Å². The minimum atomic E-state index is -0.814. The quantitative estimate of drug-likeness (QED) is 0.787. The van der Waals surface area contributed by atoms with Gasteiger partial charge in [0, 0.05) is 29.7 Å². The Morgan fingerprint density at radius 1 is 1.07 bits per heavy atom. The maximum absolute atomic E-state index is 11.4. The first-order valence-corrected chi connectivity index (χ1v) is 9.99. The SMILES string of the molecule is COc1ccc(C2(O)C[C@H]3CC[C@@H](C2)N3Cc2cc(OC)c(O)cc2Cl)cc1. The molecule has 2 fully saturated rings. The Hall–Kier alpha value is -1.95. The van der Waals surface area contributed by atoms with E-state index in [4.69, 9.17) is 21.1 Å². The molecule has 5 nitrogen and oxygen atoms in total. The van der Waals surface area contributed by atoms with E-state index in [0.717, 1.165) is 29.7 Å². The van der Waals surface area contributed by atoms with Crippen molar-refractivity contribution < 1.29 is 19.7 Å². The number of methoxy groups -OCH3 is 2. The van der Waals surface area contributed by atoms with Gasteiger partial charge in [-0.05, 0) is 55.0 Å². The summed E-state index contributed by atoms with van der Waals surface area (Å²) >= 11 is 6.37. The lowest BCUT2D eigenvalue weighted by Crippen LogP contribution is -2.49. The molecule has 2 N–H and O–H groups in total. The van der Waals surface area contributed by atoms with E-state index in [9.17, 15) is 10.2 Å². The number of piperidine rings is 1. The Labute approximate surface area is 170 Å². The largest absolute Gasteiger partial charge is 0.504 e. The van der Waals surface area contributed by atoms with Gasteiger partial charge in [0.15, 0.2) is 11.5 Å². The Balaban J connectivity index is 1.54. The third-order valence-electron chi connectivity index (χ3n) is 6.25. The van der Waals surface area contributed by atoms with E-state index in [0.29, 0.717) is 42.2 Å². The molecule has 2 aromatic carbocycles. The minimum absolute atomic E-state index is 0.0479. The number of nitrogens with zero attached hydrogens (tertiary/aromatic N) is 1. The van der Waals surface area contributed by atoms with Crippen LogP contribution in [0.25, 0.3) is 0 Å². The first kappa shape index (κ1) is 19.4. The maximum Gasteiger partial charge on any atom is 0.160 e. The molecule has 2 aromatic rings. The van der Waals surface area contributed by atoms with Crippen molar-refractivity contribution in [3.8, 4) is 17.2 Å². The van der Waals surface area contributed by atoms with E-state index in [-0.39, 0.29) is 5.75 Å². The fraction of sp³-hybridized carbons (Fsp3) is 0.455. The number of hydrogen-bond acceptors (Lipinski definition) is 5. The standard InChI is InChI=1S/C22H26ClNO4/c1-27-18-7-3-15(4-8-18)22(26)11-16-5-6-17(12-22)24(16)13-14-9-21(28-2)20(25)10-19(14)23/h3-4,7-10,16-17,25-26H,5-6,11-13H2,1-2H3/t16-,17+,22?. The highest BCUT2D eigenvalue weighted by atomic mass is 35.5. The summed E-state index contributed by atoms with van der Waals surface area (Å²) in [6, 6.07) is 11.7. The average Bonchev–Trinajstić information content (AvgIpc) is 2.93. The van der Waals surface area contributed by atoms with Crippen LogP contribution in [0.2, 0.25) is 5.02 Å². The summed E-state index contributed by atoms with van der Waals surface area (Å²) in [5.41, 5.74) is 1.07. The van der Waals surface area contributed by atoms with Crippen LogP contribution in [0.3, 0.4) is 0 Å². The number of fused-ring (bicyclic) bond motifs is 2. The van der Waals surface area contributed by atoms with E-state index in [1.54, 1.807) is 13.2 Å². The van der Waals surface area contributed by atoms with Crippen LogP contribution in [-0.4, -0.2) is 41.4 Å². The average molecular weight is 404 g/mol. The molecule has 6 heteroatoms. The van der Waals surface area contributed by atoms with E-state index >= 15 is 0 Å². The number of aliphatic hydroxyl groups is 1. The van der Waals surface area contributed by atoms with Crippen molar-refractivity contribution in [3.63, 3.8) is 0 Å². The van der Waals surface area contributed by atoms with Gasteiger partial charge in [-0.25, -0.2) is 0 Å². The predicted octanol–water partition coefficient (Wildman–Crippen LogP) is 4.08. The number of ether oxygens (including phenoxy) is 2. The van der Waals surface area contributed by atoms with Crippen LogP contribution in [0.15, 0.2) is 36.4 Å². The predicted molar refractivity (Wildman–Crippen MR) is 108 cm³/mol. The van der Waals surface area contributed by atoms with E-state index in [1.807, 2.05) is 24.3 Å². The Bertz CT molecular complexity index is 840. The number of benzene rings is 2. The number of phenols is 1. The molecule has 2 aliphatic rings. The molecule has 0 saturated carbocycles. The molecule has 2 aliphatic heterocycles. The summed E-state index contributed by atoms with van der Waals surface area (Å²) in [6.45, 7) is 0.684. The molecule has 2 heterocycles. The van der Waals surface area contributed by atoms with Crippen LogP contribution in [0.5, 0.6) is 17.2 Å².